The monoisotopic (exact) mass is 262 g/mol. The van der Waals surface area contributed by atoms with Gasteiger partial charge in [0.15, 0.2) is 0 Å². The van der Waals surface area contributed by atoms with Crippen LogP contribution in [0.5, 0.6) is 0 Å². The first-order valence-electron chi connectivity index (χ1n) is 6.97. The van der Waals surface area contributed by atoms with Gasteiger partial charge in [0.05, 0.1) is 6.10 Å². The van der Waals surface area contributed by atoms with Gasteiger partial charge in [-0.25, -0.2) is 0 Å². The molecule has 0 aromatic carbocycles. The number of esters is 1. The van der Waals surface area contributed by atoms with Gasteiger partial charge in [0.25, 0.3) is 0 Å². The lowest BCUT2D eigenvalue weighted by Crippen LogP contribution is -2.31. The summed E-state index contributed by atoms with van der Waals surface area (Å²) in [7, 11) is 0. The molecule has 0 aromatic heterocycles. The Morgan fingerprint density at radius 2 is 1.89 bits per heavy atom. The summed E-state index contributed by atoms with van der Waals surface area (Å²) in [5.41, 5.74) is 2.26. The molecule has 1 fully saturated rings. The van der Waals surface area contributed by atoms with E-state index in [-0.39, 0.29) is 18.2 Å². The number of allylic oxidation sites excluding steroid dienone is 4. The first kappa shape index (κ1) is 13.9. The number of carbonyl (C=O) groups excluding carboxylic acids is 1. The third-order valence-corrected chi connectivity index (χ3v) is 3.46. The van der Waals surface area contributed by atoms with Crippen molar-refractivity contribution in [2.24, 2.45) is 5.92 Å². The molecule has 1 saturated heterocycles. The number of rotatable bonds is 1. The summed E-state index contributed by atoms with van der Waals surface area (Å²) in [5.74, 6) is 0.0932. The maximum absolute atomic E-state index is 12.2. The van der Waals surface area contributed by atoms with Crippen LogP contribution in [0.15, 0.2) is 35.1 Å². The predicted molar refractivity (Wildman–Crippen MR) is 74.4 cm³/mol. The fourth-order valence-corrected chi connectivity index (χ4v) is 2.56. The van der Waals surface area contributed by atoms with Crippen molar-refractivity contribution in [3.63, 3.8) is 0 Å². The average Bonchev–Trinajstić information content (AvgIpc) is 2.46. The van der Waals surface area contributed by atoms with Crippen LogP contribution in [0.4, 0.5) is 0 Å². The molecule has 0 N–H and O–H groups in total. The van der Waals surface area contributed by atoms with E-state index >= 15 is 0 Å². The topological polar surface area (TPSA) is 35.5 Å². The summed E-state index contributed by atoms with van der Waals surface area (Å²) in [5, 5.41) is 0. The third kappa shape index (κ3) is 3.28. The summed E-state index contributed by atoms with van der Waals surface area (Å²) in [4.78, 5) is 12.2. The Balaban J connectivity index is 2.38. The van der Waals surface area contributed by atoms with Crippen molar-refractivity contribution in [3.8, 4) is 0 Å². The number of hydrogen-bond donors (Lipinski definition) is 0. The lowest BCUT2D eigenvalue weighted by molar-refractivity contribution is -0.155. The smallest absolute Gasteiger partial charge is 0.320 e. The van der Waals surface area contributed by atoms with Crippen LogP contribution in [0.1, 0.15) is 40.5 Å². The maximum atomic E-state index is 12.2. The molecular weight excluding hydrogens is 240 g/mol. The first-order chi connectivity index (χ1) is 8.99. The molecule has 3 heteroatoms. The second-order valence-electron chi connectivity index (χ2n) is 5.42. The van der Waals surface area contributed by atoms with Gasteiger partial charge in [0, 0.05) is 6.42 Å². The lowest BCUT2D eigenvalue weighted by Gasteiger charge is -2.28. The highest BCUT2D eigenvalue weighted by molar-refractivity contribution is 5.78. The SMILES string of the molecule is CCC1=CC(C)=C[C@@H]2C(=O)O[C@H](C)C[C@H](C)OC2=C1. The van der Waals surface area contributed by atoms with E-state index in [9.17, 15) is 4.79 Å². The molecule has 0 amide bonds. The van der Waals surface area contributed by atoms with Gasteiger partial charge in [-0.15, -0.1) is 0 Å². The Kier molecular flexibility index (Phi) is 4.13. The zero-order valence-electron chi connectivity index (χ0n) is 12.1. The van der Waals surface area contributed by atoms with Crippen molar-refractivity contribution in [2.45, 2.75) is 52.7 Å². The van der Waals surface area contributed by atoms with E-state index in [2.05, 4.69) is 13.0 Å². The molecule has 2 rings (SSSR count). The summed E-state index contributed by atoms with van der Waals surface area (Å²) in [6.07, 6.45) is 7.63. The summed E-state index contributed by atoms with van der Waals surface area (Å²) in [6.45, 7) is 8.04. The van der Waals surface area contributed by atoms with Crippen LogP contribution in [0.3, 0.4) is 0 Å². The largest absolute Gasteiger partial charge is 0.494 e. The summed E-state index contributed by atoms with van der Waals surface area (Å²) >= 11 is 0. The van der Waals surface area contributed by atoms with E-state index in [0.717, 1.165) is 18.4 Å². The Morgan fingerprint density at radius 1 is 1.21 bits per heavy atom. The molecule has 1 heterocycles. The third-order valence-electron chi connectivity index (χ3n) is 3.46. The fourth-order valence-electron chi connectivity index (χ4n) is 2.56. The highest BCUT2D eigenvalue weighted by Crippen LogP contribution is 2.29. The minimum absolute atomic E-state index is 0.0572. The number of fused-ring (bicyclic) bond motifs is 1. The minimum Gasteiger partial charge on any atom is -0.494 e. The Morgan fingerprint density at radius 3 is 2.58 bits per heavy atom. The molecule has 3 atom stereocenters. The van der Waals surface area contributed by atoms with E-state index < -0.39 is 5.92 Å². The number of carbonyl (C=O) groups is 1. The van der Waals surface area contributed by atoms with Crippen LogP contribution >= 0.6 is 0 Å². The molecular formula is C16H22O3. The van der Waals surface area contributed by atoms with Crippen molar-refractivity contribution in [2.75, 3.05) is 0 Å². The van der Waals surface area contributed by atoms with E-state index in [0.29, 0.717) is 5.76 Å². The van der Waals surface area contributed by atoms with E-state index in [1.54, 1.807) is 0 Å². The molecule has 3 nitrogen and oxygen atoms in total. The average molecular weight is 262 g/mol. The van der Waals surface area contributed by atoms with Crippen LogP contribution in [-0.2, 0) is 14.3 Å². The molecule has 0 aromatic rings. The highest BCUT2D eigenvalue weighted by atomic mass is 16.6. The summed E-state index contributed by atoms with van der Waals surface area (Å²) < 4.78 is 11.4. The normalized spacial score (nSPS) is 31.5. The minimum atomic E-state index is -0.412. The van der Waals surface area contributed by atoms with Gasteiger partial charge in [-0.3, -0.25) is 4.79 Å². The van der Waals surface area contributed by atoms with Gasteiger partial charge < -0.3 is 9.47 Å². The Labute approximate surface area is 115 Å². The van der Waals surface area contributed by atoms with Crippen LogP contribution in [0.25, 0.3) is 0 Å². The zero-order chi connectivity index (χ0) is 14.0. The highest BCUT2D eigenvalue weighted by Gasteiger charge is 2.31. The number of ether oxygens (including phenoxy) is 2. The van der Waals surface area contributed by atoms with Crippen molar-refractivity contribution < 1.29 is 14.3 Å². The molecule has 0 saturated carbocycles. The second-order valence-corrected chi connectivity index (χ2v) is 5.42. The van der Waals surface area contributed by atoms with Crippen molar-refractivity contribution >= 4 is 5.97 Å². The van der Waals surface area contributed by atoms with Gasteiger partial charge in [0.1, 0.15) is 17.8 Å². The van der Waals surface area contributed by atoms with Gasteiger partial charge in [-0.2, -0.15) is 0 Å². The summed E-state index contributed by atoms with van der Waals surface area (Å²) in [6, 6.07) is 0. The van der Waals surface area contributed by atoms with Crippen LogP contribution in [0.2, 0.25) is 0 Å². The second kappa shape index (κ2) is 5.64. The van der Waals surface area contributed by atoms with Crippen molar-refractivity contribution in [1.29, 1.82) is 0 Å². The van der Waals surface area contributed by atoms with E-state index in [4.69, 9.17) is 9.47 Å². The first-order valence-corrected chi connectivity index (χ1v) is 6.97. The van der Waals surface area contributed by atoms with E-state index in [1.165, 1.54) is 5.57 Å². The molecule has 1 aliphatic carbocycles. The Bertz CT molecular complexity index is 457. The molecule has 104 valence electrons. The molecule has 0 unspecified atom stereocenters. The van der Waals surface area contributed by atoms with Crippen molar-refractivity contribution in [1.82, 2.24) is 0 Å². The molecule has 0 radical (unpaired) electrons. The molecule has 2 aliphatic rings. The van der Waals surface area contributed by atoms with Gasteiger partial charge >= 0.3 is 5.97 Å². The maximum Gasteiger partial charge on any atom is 0.320 e. The number of cyclic esters (lactones) is 1. The Hall–Kier alpha value is -1.51. The lowest BCUT2D eigenvalue weighted by atomic mass is 10.0. The van der Waals surface area contributed by atoms with Crippen LogP contribution in [-0.4, -0.2) is 18.2 Å². The van der Waals surface area contributed by atoms with Gasteiger partial charge in [-0.05, 0) is 38.8 Å². The molecule has 1 aliphatic heterocycles. The number of hydrogen-bond acceptors (Lipinski definition) is 3. The van der Waals surface area contributed by atoms with Crippen LogP contribution in [0, 0.1) is 5.92 Å². The molecule has 19 heavy (non-hydrogen) atoms. The van der Waals surface area contributed by atoms with Gasteiger partial charge in [0.2, 0.25) is 0 Å². The zero-order valence-corrected chi connectivity index (χ0v) is 12.1. The predicted octanol–water partition coefficient (Wildman–Crippen LogP) is 3.52. The van der Waals surface area contributed by atoms with E-state index in [1.807, 2.05) is 32.9 Å². The van der Waals surface area contributed by atoms with Crippen LogP contribution < -0.4 is 0 Å². The van der Waals surface area contributed by atoms with Gasteiger partial charge in [-0.1, -0.05) is 24.6 Å². The molecule has 0 spiro atoms. The fraction of sp³-hybridized carbons (Fsp3) is 0.562. The van der Waals surface area contributed by atoms with Crippen molar-refractivity contribution in [3.05, 3.63) is 35.1 Å². The quantitative estimate of drug-likeness (QED) is 0.678. The molecule has 0 bridgehead atoms. The standard InChI is InChI=1S/C16H22O3/c1-5-13-6-10(2)7-14-15(9-13)18-11(3)8-12(4)19-16(14)17/h6-7,9,11-12,14H,5,8H2,1-4H3/t11-,12+,14-/m0/s1.